The highest BCUT2D eigenvalue weighted by Gasteiger charge is 2.31. The number of imidazole rings is 1. The number of anilines is 1. The summed E-state index contributed by atoms with van der Waals surface area (Å²) in [5.41, 5.74) is 5.53. The molecule has 2 heterocycles. The molecule has 33 heavy (non-hydrogen) atoms. The number of ether oxygens (including phenoxy) is 1. The van der Waals surface area contributed by atoms with Crippen LogP contribution in [0.5, 0.6) is 5.75 Å². The van der Waals surface area contributed by atoms with E-state index in [-0.39, 0.29) is 6.10 Å². The highest BCUT2D eigenvalue weighted by molar-refractivity contribution is 5.79. The fourth-order valence-electron chi connectivity index (χ4n) is 4.49. The van der Waals surface area contributed by atoms with E-state index in [1.807, 2.05) is 42.7 Å². The Morgan fingerprint density at radius 2 is 1.91 bits per heavy atom. The van der Waals surface area contributed by atoms with Gasteiger partial charge in [-0.3, -0.25) is 4.57 Å². The second-order valence-corrected chi connectivity index (χ2v) is 8.57. The molecule has 1 aliphatic rings. The van der Waals surface area contributed by atoms with Gasteiger partial charge in [0.05, 0.1) is 22.3 Å². The first kappa shape index (κ1) is 21.4. The summed E-state index contributed by atoms with van der Waals surface area (Å²) in [7, 11) is 0. The summed E-state index contributed by atoms with van der Waals surface area (Å²) < 4.78 is 47.2. The Morgan fingerprint density at radius 1 is 1.09 bits per heavy atom. The van der Waals surface area contributed by atoms with Gasteiger partial charge in [-0.2, -0.15) is 13.2 Å². The van der Waals surface area contributed by atoms with Crippen molar-refractivity contribution in [2.45, 2.75) is 46.0 Å². The summed E-state index contributed by atoms with van der Waals surface area (Å²) in [6.07, 6.45) is -3.26. The van der Waals surface area contributed by atoms with Crippen molar-refractivity contribution in [1.29, 1.82) is 0 Å². The number of aryl methyl sites for hydroxylation is 1. The molecule has 4 aromatic rings. The Morgan fingerprint density at radius 3 is 2.70 bits per heavy atom. The number of alkyl halides is 3. The molecule has 1 aromatic heterocycles. The first-order chi connectivity index (χ1) is 15.7. The van der Waals surface area contributed by atoms with Crippen molar-refractivity contribution < 1.29 is 17.9 Å². The van der Waals surface area contributed by atoms with Gasteiger partial charge in [0.1, 0.15) is 17.7 Å². The van der Waals surface area contributed by atoms with Crippen LogP contribution in [0, 0.1) is 13.8 Å². The van der Waals surface area contributed by atoms with E-state index < -0.39 is 11.7 Å². The molecule has 3 aromatic carbocycles. The van der Waals surface area contributed by atoms with Crippen LogP contribution in [-0.2, 0) is 19.1 Å². The smallest absolute Gasteiger partial charge is 0.416 e. The van der Waals surface area contributed by atoms with Crippen molar-refractivity contribution in [3.8, 4) is 11.4 Å². The van der Waals surface area contributed by atoms with Crippen LogP contribution in [0.25, 0.3) is 16.7 Å². The number of fused-ring (bicyclic) bond motifs is 2. The van der Waals surface area contributed by atoms with E-state index in [1.165, 1.54) is 11.6 Å². The molecular formula is C26H24F3N3O. The molecule has 170 valence electrons. The third-order valence-corrected chi connectivity index (χ3v) is 6.19. The predicted molar refractivity (Wildman–Crippen MR) is 123 cm³/mol. The number of rotatable bonds is 4. The zero-order valence-electron chi connectivity index (χ0n) is 18.6. The van der Waals surface area contributed by atoms with Crippen LogP contribution in [0.1, 0.15) is 35.0 Å². The second-order valence-electron chi connectivity index (χ2n) is 8.57. The fraction of sp³-hybridized carbons (Fsp3) is 0.269. The van der Waals surface area contributed by atoms with Crippen LogP contribution in [0.15, 0.2) is 54.6 Å². The van der Waals surface area contributed by atoms with Crippen LogP contribution in [-0.4, -0.2) is 15.7 Å². The molecule has 0 radical (unpaired) electrons. The topological polar surface area (TPSA) is 39.1 Å². The minimum atomic E-state index is -4.39. The molecule has 1 unspecified atom stereocenters. The molecule has 1 atom stereocenters. The molecule has 0 aliphatic carbocycles. The second kappa shape index (κ2) is 7.83. The van der Waals surface area contributed by atoms with Gasteiger partial charge in [0.25, 0.3) is 0 Å². The summed E-state index contributed by atoms with van der Waals surface area (Å²) in [4.78, 5) is 4.40. The number of nitrogens with zero attached hydrogens (tertiary/aromatic N) is 2. The Labute approximate surface area is 190 Å². The molecule has 0 spiro atoms. The van der Waals surface area contributed by atoms with E-state index in [4.69, 9.17) is 4.74 Å². The third-order valence-electron chi connectivity index (χ3n) is 6.19. The average molecular weight is 451 g/mol. The van der Waals surface area contributed by atoms with Crippen molar-refractivity contribution >= 4 is 16.7 Å². The van der Waals surface area contributed by atoms with Crippen LogP contribution in [0.2, 0.25) is 0 Å². The summed E-state index contributed by atoms with van der Waals surface area (Å²) in [5.74, 6) is 1.57. The molecule has 1 N–H and O–H groups in total. The lowest BCUT2D eigenvalue weighted by Gasteiger charge is -2.16. The van der Waals surface area contributed by atoms with Gasteiger partial charge in [-0.25, -0.2) is 4.98 Å². The van der Waals surface area contributed by atoms with Gasteiger partial charge in [-0.15, -0.1) is 0 Å². The molecular weight excluding hydrogens is 427 g/mol. The summed E-state index contributed by atoms with van der Waals surface area (Å²) in [6, 6.07) is 15.9. The van der Waals surface area contributed by atoms with Crippen molar-refractivity contribution in [2.75, 3.05) is 5.32 Å². The number of aromatic nitrogens is 2. The highest BCUT2D eigenvalue weighted by atomic mass is 19.4. The average Bonchev–Trinajstić information content (AvgIpc) is 3.29. The van der Waals surface area contributed by atoms with E-state index in [1.54, 1.807) is 0 Å². The van der Waals surface area contributed by atoms with Crippen molar-refractivity contribution in [3.05, 3.63) is 82.7 Å². The standard InChI is InChI=1S/C26H24F3N3O/c1-15-11-18-7-9-21(13-25(18)33-15)30-14-19-5-4-6-23(16(19)2)32-17(3)31-22-12-20(26(27,28)29)8-10-24(22)32/h4-10,12-13,15,30H,11,14H2,1-3H3. The first-order valence-corrected chi connectivity index (χ1v) is 10.9. The number of nitrogens with one attached hydrogen (secondary N) is 1. The van der Waals surface area contributed by atoms with E-state index in [0.29, 0.717) is 23.4 Å². The van der Waals surface area contributed by atoms with E-state index in [2.05, 4.69) is 29.4 Å². The van der Waals surface area contributed by atoms with Crippen LogP contribution >= 0.6 is 0 Å². The summed E-state index contributed by atoms with van der Waals surface area (Å²) in [6.45, 7) is 6.50. The largest absolute Gasteiger partial charge is 0.490 e. The van der Waals surface area contributed by atoms with Gasteiger partial charge in [0.15, 0.2) is 0 Å². The monoisotopic (exact) mass is 451 g/mol. The minimum Gasteiger partial charge on any atom is -0.490 e. The predicted octanol–water partition coefficient (Wildman–Crippen LogP) is 6.60. The zero-order valence-corrected chi connectivity index (χ0v) is 18.6. The SMILES string of the molecule is Cc1c(CNc2ccc3c(c2)OC(C)C3)cccc1-n1c(C)nc2cc(C(F)(F)F)ccc21. The number of halogens is 3. The van der Waals surface area contributed by atoms with Gasteiger partial charge in [0, 0.05) is 24.7 Å². The Balaban J connectivity index is 1.45. The number of hydrogen-bond acceptors (Lipinski definition) is 3. The maximum absolute atomic E-state index is 13.1. The van der Waals surface area contributed by atoms with Gasteiger partial charge in [-0.1, -0.05) is 18.2 Å². The molecule has 5 rings (SSSR count). The highest BCUT2D eigenvalue weighted by Crippen LogP contribution is 2.34. The molecule has 0 bridgehead atoms. The maximum atomic E-state index is 13.1. The lowest BCUT2D eigenvalue weighted by atomic mass is 10.1. The first-order valence-electron chi connectivity index (χ1n) is 10.9. The molecule has 4 nitrogen and oxygen atoms in total. The summed E-state index contributed by atoms with van der Waals surface area (Å²) >= 11 is 0. The van der Waals surface area contributed by atoms with E-state index >= 15 is 0 Å². The van der Waals surface area contributed by atoms with Crippen molar-refractivity contribution in [3.63, 3.8) is 0 Å². The van der Waals surface area contributed by atoms with Gasteiger partial charge in [-0.05, 0) is 67.8 Å². The summed E-state index contributed by atoms with van der Waals surface area (Å²) in [5, 5.41) is 3.46. The Bertz CT molecular complexity index is 1360. The fourth-order valence-corrected chi connectivity index (χ4v) is 4.49. The third kappa shape index (κ3) is 3.92. The molecule has 7 heteroatoms. The lowest BCUT2D eigenvalue weighted by Crippen LogP contribution is -2.07. The van der Waals surface area contributed by atoms with Crippen LogP contribution in [0.3, 0.4) is 0 Å². The van der Waals surface area contributed by atoms with Crippen molar-refractivity contribution in [2.24, 2.45) is 0 Å². The van der Waals surface area contributed by atoms with Crippen LogP contribution < -0.4 is 10.1 Å². The molecule has 1 aliphatic heterocycles. The van der Waals surface area contributed by atoms with Gasteiger partial charge in [0.2, 0.25) is 0 Å². The van der Waals surface area contributed by atoms with Crippen LogP contribution in [0.4, 0.5) is 18.9 Å². The molecule has 0 saturated carbocycles. The Kier molecular flexibility index (Phi) is 5.07. The quantitative estimate of drug-likeness (QED) is 0.380. The maximum Gasteiger partial charge on any atom is 0.416 e. The number of hydrogen-bond donors (Lipinski definition) is 1. The Hall–Kier alpha value is -3.48. The molecule has 0 amide bonds. The van der Waals surface area contributed by atoms with Gasteiger partial charge >= 0.3 is 6.18 Å². The zero-order chi connectivity index (χ0) is 23.3. The number of benzene rings is 3. The minimum absolute atomic E-state index is 0.203. The van der Waals surface area contributed by atoms with Gasteiger partial charge < -0.3 is 10.1 Å². The van der Waals surface area contributed by atoms with Crippen molar-refractivity contribution in [1.82, 2.24) is 9.55 Å². The normalized spacial score (nSPS) is 15.5. The molecule has 0 saturated heterocycles. The molecule has 0 fully saturated rings. The van der Waals surface area contributed by atoms with E-state index in [9.17, 15) is 13.2 Å². The lowest BCUT2D eigenvalue weighted by molar-refractivity contribution is -0.137. The van der Waals surface area contributed by atoms with E-state index in [0.717, 1.165) is 46.8 Å².